The summed E-state index contributed by atoms with van der Waals surface area (Å²) in [6.07, 6.45) is 5.40. The molecule has 0 atom stereocenters. The Kier molecular flexibility index (Phi) is 6.01. The Bertz CT molecular complexity index is 257. The van der Waals surface area contributed by atoms with Gasteiger partial charge < -0.3 is 10.1 Å². The maximum atomic E-state index is 11.6. The van der Waals surface area contributed by atoms with E-state index < -0.39 is 0 Å². The van der Waals surface area contributed by atoms with Crippen molar-refractivity contribution < 1.29 is 14.3 Å². The molecule has 1 rings (SSSR count). The van der Waals surface area contributed by atoms with Crippen LogP contribution in [0.5, 0.6) is 0 Å². The van der Waals surface area contributed by atoms with Crippen LogP contribution in [0.15, 0.2) is 0 Å². The molecule has 0 saturated heterocycles. The molecule has 4 heteroatoms. The minimum absolute atomic E-state index is 0.00119. The van der Waals surface area contributed by atoms with Gasteiger partial charge in [0, 0.05) is 5.92 Å². The van der Waals surface area contributed by atoms with Crippen molar-refractivity contribution in [2.45, 2.75) is 46.0 Å². The van der Waals surface area contributed by atoms with E-state index in [4.69, 9.17) is 4.74 Å². The van der Waals surface area contributed by atoms with E-state index in [9.17, 15) is 9.59 Å². The predicted molar refractivity (Wildman–Crippen MR) is 65.4 cm³/mol. The van der Waals surface area contributed by atoms with E-state index in [0.29, 0.717) is 6.54 Å². The fourth-order valence-electron chi connectivity index (χ4n) is 1.99. The van der Waals surface area contributed by atoms with Crippen molar-refractivity contribution in [1.29, 1.82) is 0 Å². The highest BCUT2D eigenvalue weighted by molar-refractivity contribution is 5.77. The summed E-state index contributed by atoms with van der Waals surface area (Å²) < 4.78 is 5.16. The van der Waals surface area contributed by atoms with Gasteiger partial charge in [-0.2, -0.15) is 0 Å². The molecule has 1 saturated carbocycles. The normalized spacial score (nSPS) is 16.9. The van der Waals surface area contributed by atoms with Crippen molar-refractivity contribution in [3.8, 4) is 0 Å². The molecule has 1 fully saturated rings. The van der Waals surface area contributed by atoms with Crippen molar-refractivity contribution in [1.82, 2.24) is 5.32 Å². The van der Waals surface area contributed by atoms with Crippen LogP contribution >= 0.6 is 0 Å². The Morgan fingerprint density at radius 3 is 2.47 bits per heavy atom. The Labute approximate surface area is 103 Å². The Morgan fingerprint density at radius 1 is 1.24 bits per heavy atom. The lowest BCUT2D eigenvalue weighted by Gasteiger charge is -2.20. The monoisotopic (exact) mass is 241 g/mol. The first-order valence-corrected chi connectivity index (χ1v) is 6.55. The van der Waals surface area contributed by atoms with E-state index >= 15 is 0 Å². The molecular weight excluding hydrogens is 218 g/mol. The third-order valence-corrected chi connectivity index (χ3v) is 3.11. The first kappa shape index (κ1) is 14.0. The SMILES string of the molecule is CC(C)C(=O)NCCOC(=O)C1CCCCC1. The second kappa shape index (κ2) is 7.30. The van der Waals surface area contributed by atoms with E-state index in [2.05, 4.69) is 5.32 Å². The summed E-state index contributed by atoms with van der Waals surface area (Å²) in [6, 6.07) is 0. The van der Waals surface area contributed by atoms with Crippen LogP contribution in [0.2, 0.25) is 0 Å². The summed E-state index contributed by atoms with van der Waals surface area (Å²) in [4.78, 5) is 22.9. The first-order chi connectivity index (χ1) is 8.11. The van der Waals surface area contributed by atoms with Gasteiger partial charge in [-0.25, -0.2) is 0 Å². The Morgan fingerprint density at radius 2 is 1.88 bits per heavy atom. The molecule has 98 valence electrons. The van der Waals surface area contributed by atoms with Crippen molar-refractivity contribution in [3.63, 3.8) is 0 Å². The fourth-order valence-corrected chi connectivity index (χ4v) is 1.99. The number of hydrogen-bond donors (Lipinski definition) is 1. The zero-order valence-corrected chi connectivity index (χ0v) is 10.8. The van der Waals surface area contributed by atoms with Gasteiger partial charge in [0.05, 0.1) is 12.5 Å². The number of amides is 1. The smallest absolute Gasteiger partial charge is 0.308 e. The van der Waals surface area contributed by atoms with Gasteiger partial charge in [0.15, 0.2) is 0 Å². The molecule has 0 bridgehead atoms. The van der Waals surface area contributed by atoms with Gasteiger partial charge in [-0.05, 0) is 12.8 Å². The molecule has 4 nitrogen and oxygen atoms in total. The lowest BCUT2D eigenvalue weighted by atomic mass is 9.89. The number of hydrogen-bond acceptors (Lipinski definition) is 3. The van der Waals surface area contributed by atoms with E-state index in [-0.39, 0.29) is 30.3 Å². The third-order valence-electron chi connectivity index (χ3n) is 3.11. The number of rotatable bonds is 5. The van der Waals surface area contributed by atoms with Crippen LogP contribution in [0.1, 0.15) is 46.0 Å². The number of esters is 1. The molecule has 0 heterocycles. The number of ether oxygens (including phenoxy) is 1. The highest BCUT2D eigenvalue weighted by Gasteiger charge is 2.22. The summed E-state index contributed by atoms with van der Waals surface area (Å²) in [5, 5.41) is 2.72. The number of nitrogens with one attached hydrogen (secondary N) is 1. The van der Waals surface area contributed by atoms with E-state index in [1.807, 2.05) is 13.8 Å². The molecule has 0 aromatic rings. The van der Waals surface area contributed by atoms with Crippen molar-refractivity contribution in [2.75, 3.05) is 13.2 Å². The summed E-state index contributed by atoms with van der Waals surface area (Å²) in [5.74, 6) is -0.0317. The van der Waals surface area contributed by atoms with Gasteiger partial charge in [0.25, 0.3) is 0 Å². The number of carbonyl (C=O) groups is 2. The van der Waals surface area contributed by atoms with E-state index in [0.717, 1.165) is 25.7 Å². The van der Waals surface area contributed by atoms with Crippen molar-refractivity contribution in [2.24, 2.45) is 11.8 Å². The van der Waals surface area contributed by atoms with E-state index in [1.54, 1.807) is 0 Å². The molecule has 1 aliphatic rings. The lowest BCUT2D eigenvalue weighted by Crippen LogP contribution is -2.32. The first-order valence-electron chi connectivity index (χ1n) is 6.55. The van der Waals surface area contributed by atoms with Crippen LogP contribution in [-0.4, -0.2) is 25.0 Å². The number of carbonyl (C=O) groups excluding carboxylic acids is 2. The summed E-state index contributed by atoms with van der Waals surface area (Å²) in [6.45, 7) is 4.37. The van der Waals surface area contributed by atoms with Gasteiger partial charge in [-0.15, -0.1) is 0 Å². The quantitative estimate of drug-likeness (QED) is 0.590. The molecular formula is C13H23NO3. The largest absolute Gasteiger partial charge is 0.464 e. The van der Waals surface area contributed by atoms with E-state index in [1.165, 1.54) is 6.42 Å². The summed E-state index contributed by atoms with van der Waals surface area (Å²) >= 11 is 0. The second-order valence-corrected chi connectivity index (χ2v) is 4.95. The van der Waals surface area contributed by atoms with Crippen molar-refractivity contribution in [3.05, 3.63) is 0 Å². The molecule has 0 aliphatic heterocycles. The van der Waals surface area contributed by atoms with Gasteiger partial charge in [-0.3, -0.25) is 9.59 Å². The standard InChI is InChI=1S/C13H23NO3/c1-10(2)12(15)14-8-9-17-13(16)11-6-4-3-5-7-11/h10-11H,3-9H2,1-2H3,(H,14,15). The van der Waals surface area contributed by atoms with Gasteiger partial charge >= 0.3 is 5.97 Å². The van der Waals surface area contributed by atoms with Crippen LogP contribution in [0, 0.1) is 11.8 Å². The molecule has 1 N–H and O–H groups in total. The zero-order valence-electron chi connectivity index (χ0n) is 10.8. The van der Waals surface area contributed by atoms with Crippen LogP contribution in [0.4, 0.5) is 0 Å². The highest BCUT2D eigenvalue weighted by atomic mass is 16.5. The topological polar surface area (TPSA) is 55.4 Å². The maximum absolute atomic E-state index is 11.6. The van der Waals surface area contributed by atoms with Crippen LogP contribution in [0.25, 0.3) is 0 Å². The Balaban J connectivity index is 2.09. The molecule has 17 heavy (non-hydrogen) atoms. The van der Waals surface area contributed by atoms with Crippen LogP contribution in [-0.2, 0) is 14.3 Å². The third kappa shape index (κ3) is 5.20. The second-order valence-electron chi connectivity index (χ2n) is 4.95. The zero-order chi connectivity index (χ0) is 12.7. The van der Waals surface area contributed by atoms with Gasteiger partial charge in [-0.1, -0.05) is 33.1 Å². The molecule has 0 unspecified atom stereocenters. The maximum Gasteiger partial charge on any atom is 0.308 e. The average Bonchev–Trinajstić information content (AvgIpc) is 2.35. The molecule has 0 spiro atoms. The average molecular weight is 241 g/mol. The molecule has 0 aromatic heterocycles. The highest BCUT2D eigenvalue weighted by Crippen LogP contribution is 2.24. The van der Waals surface area contributed by atoms with Crippen molar-refractivity contribution >= 4 is 11.9 Å². The fraction of sp³-hybridized carbons (Fsp3) is 0.846. The molecule has 0 radical (unpaired) electrons. The Hall–Kier alpha value is -1.06. The minimum Gasteiger partial charge on any atom is -0.464 e. The predicted octanol–water partition coefficient (Wildman–Crippen LogP) is 1.88. The van der Waals surface area contributed by atoms with Gasteiger partial charge in [0.2, 0.25) is 5.91 Å². The summed E-state index contributed by atoms with van der Waals surface area (Å²) in [5.41, 5.74) is 0. The van der Waals surface area contributed by atoms with Crippen LogP contribution in [0.3, 0.4) is 0 Å². The molecule has 1 aliphatic carbocycles. The van der Waals surface area contributed by atoms with Crippen LogP contribution < -0.4 is 5.32 Å². The lowest BCUT2D eigenvalue weighted by molar-refractivity contribution is -0.149. The minimum atomic E-state index is -0.0940. The summed E-state index contributed by atoms with van der Waals surface area (Å²) in [7, 11) is 0. The molecule has 0 aromatic carbocycles. The van der Waals surface area contributed by atoms with Gasteiger partial charge in [0.1, 0.15) is 6.61 Å². The molecule has 1 amide bonds.